The Labute approximate surface area is 86.5 Å². The summed E-state index contributed by atoms with van der Waals surface area (Å²) in [5.74, 6) is -0.293. The average molecular weight is 211 g/mol. The summed E-state index contributed by atoms with van der Waals surface area (Å²) < 4.78 is 24.5. The quantitative estimate of drug-likeness (QED) is 0.735. The van der Waals surface area contributed by atoms with Gasteiger partial charge in [0.15, 0.2) is 0 Å². The Balaban J connectivity index is 2.32. The van der Waals surface area contributed by atoms with Crippen molar-refractivity contribution in [1.29, 1.82) is 0 Å². The zero-order valence-electron chi connectivity index (χ0n) is 8.28. The van der Waals surface area contributed by atoms with Crippen LogP contribution in [0.2, 0.25) is 0 Å². The summed E-state index contributed by atoms with van der Waals surface area (Å²) >= 11 is 0. The molecular weight excluding hydrogens is 200 g/mol. The fourth-order valence-electron chi connectivity index (χ4n) is 1.94. The van der Waals surface area contributed by atoms with Crippen molar-refractivity contribution in [3.63, 3.8) is 0 Å². The molecule has 1 heterocycles. The summed E-state index contributed by atoms with van der Waals surface area (Å²) in [5.41, 5.74) is 1.38. The predicted molar refractivity (Wildman–Crippen MR) is 51.9 cm³/mol. The van der Waals surface area contributed by atoms with Crippen LogP contribution in [0.1, 0.15) is 28.9 Å². The summed E-state index contributed by atoms with van der Waals surface area (Å²) in [5, 5.41) is 0. The van der Waals surface area contributed by atoms with Gasteiger partial charge in [-0.2, -0.15) is 0 Å². The fourth-order valence-corrected chi connectivity index (χ4v) is 1.94. The third kappa shape index (κ3) is 1.60. The van der Waals surface area contributed by atoms with Crippen LogP contribution in [0.5, 0.6) is 0 Å². The van der Waals surface area contributed by atoms with Crippen LogP contribution in [-0.2, 0) is 0 Å². The smallest absolute Gasteiger partial charge is 0.255 e. The molecule has 2 rings (SSSR count). The third-order valence-corrected chi connectivity index (χ3v) is 2.70. The van der Waals surface area contributed by atoms with E-state index in [4.69, 9.17) is 0 Å². The Bertz CT molecular complexity index is 392. The van der Waals surface area contributed by atoms with Gasteiger partial charge in [0.2, 0.25) is 0 Å². The molecule has 80 valence electrons. The molecule has 0 aliphatic carbocycles. The monoisotopic (exact) mass is 211 g/mol. The summed E-state index contributed by atoms with van der Waals surface area (Å²) in [4.78, 5) is 13.0. The Hall–Kier alpha value is -1.45. The molecule has 0 bridgehead atoms. The van der Waals surface area contributed by atoms with E-state index in [0.717, 1.165) is 5.56 Å². The molecule has 1 unspecified atom stereocenters. The second-order valence-corrected chi connectivity index (χ2v) is 3.61. The van der Waals surface area contributed by atoms with E-state index < -0.39 is 13.0 Å². The largest absolute Gasteiger partial charge is 0.326 e. The Morgan fingerprint density at radius 3 is 2.67 bits per heavy atom. The van der Waals surface area contributed by atoms with Crippen LogP contribution in [0.25, 0.3) is 0 Å². The number of hydrogen-bond acceptors (Lipinski definition) is 1. The van der Waals surface area contributed by atoms with E-state index in [9.17, 15) is 13.6 Å². The van der Waals surface area contributed by atoms with E-state index in [2.05, 4.69) is 0 Å². The van der Waals surface area contributed by atoms with Gasteiger partial charge in [-0.05, 0) is 18.6 Å². The van der Waals surface area contributed by atoms with Crippen molar-refractivity contribution >= 4 is 5.91 Å². The lowest BCUT2D eigenvalue weighted by Crippen LogP contribution is -2.31. The van der Waals surface area contributed by atoms with Gasteiger partial charge in [-0.15, -0.1) is 0 Å². The number of rotatable bonds is 2. The molecule has 2 nitrogen and oxygen atoms in total. The number of carbonyl (C=O) groups excluding carboxylic acids is 1. The van der Waals surface area contributed by atoms with Gasteiger partial charge in [0.05, 0.1) is 12.6 Å². The van der Waals surface area contributed by atoms with Crippen molar-refractivity contribution in [1.82, 2.24) is 4.90 Å². The number of fused-ring (bicyclic) bond motifs is 1. The SMILES string of the molecule is CC1c2ccccc2C(=O)N1CC(F)F. The number of carbonyl (C=O) groups is 1. The van der Waals surface area contributed by atoms with Crippen LogP contribution in [0.4, 0.5) is 8.78 Å². The molecule has 4 heteroatoms. The maximum Gasteiger partial charge on any atom is 0.255 e. The van der Waals surface area contributed by atoms with Gasteiger partial charge in [-0.25, -0.2) is 8.78 Å². The molecule has 0 saturated carbocycles. The topological polar surface area (TPSA) is 20.3 Å². The molecule has 0 spiro atoms. The van der Waals surface area contributed by atoms with Crippen LogP contribution < -0.4 is 0 Å². The maximum atomic E-state index is 12.3. The molecule has 1 atom stereocenters. The standard InChI is InChI=1S/C11H11F2NO/c1-7-8-4-2-3-5-9(8)11(15)14(7)6-10(12)13/h2-5,7,10H,6H2,1H3. The van der Waals surface area contributed by atoms with E-state index in [0.29, 0.717) is 5.56 Å². The van der Waals surface area contributed by atoms with Gasteiger partial charge >= 0.3 is 0 Å². The first-order valence-electron chi connectivity index (χ1n) is 4.79. The van der Waals surface area contributed by atoms with Gasteiger partial charge in [-0.1, -0.05) is 18.2 Å². The molecule has 0 aromatic heterocycles. The number of nitrogens with zero attached hydrogens (tertiary/aromatic N) is 1. The number of alkyl halides is 2. The first-order chi connectivity index (χ1) is 7.11. The first kappa shape index (κ1) is 10.1. The van der Waals surface area contributed by atoms with Gasteiger partial charge in [0.1, 0.15) is 0 Å². The summed E-state index contributed by atoms with van der Waals surface area (Å²) in [6.45, 7) is 1.28. The minimum Gasteiger partial charge on any atom is -0.326 e. The van der Waals surface area contributed by atoms with Crippen LogP contribution in [0.15, 0.2) is 24.3 Å². The normalized spacial score (nSPS) is 19.9. The second kappa shape index (κ2) is 3.61. The van der Waals surface area contributed by atoms with Crippen molar-refractivity contribution in [3.05, 3.63) is 35.4 Å². The second-order valence-electron chi connectivity index (χ2n) is 3.61. The maximum absolute atomic E-state index is 12.3. The number of halogens is 2. The number of amides is 1. The Morgan fingerprint density at radius 2 is 2.07 bits per heavy atom. The van der Waals surface area contributed by atoms with Gasteiger partial charge in [0.25, 0.3) is 12.3 Å². The van der Waals surface area contributed by atoms with Gasteiger partial charge in [-0.3, -0.25) is 4.79 Å². The molecule has 15 heavy (non-hydrogen) atoms. The van der Waals surface area contributed by atoms with E-state index in [1.807, 2.05) is 12.1 Å². The highest BCUT2D eigenvalue weighted by Gasteiger charge is 2.34. The molecule has 1 amide bonds. The van der Waals surface area contributed by atoms with Crippen LogP contribution in [0, 0.1) is 0 Å². The van der Waals surface area contributed by atoms with Crippen LogP contribution in [-0.4, -0.2) is 23.8 Å². The van der Waals surface area contributed by atoms with Crippen molar-refractivity contribution in [3.8, 4) is 0 Å². The van der Waals surface area contributed by atoms with Crippen LogP contribution in [0.3, 0.4) is 0 Å². The lowest BCUT2D eigenvalue weighted by atomic mass is 10.1. The molecule has 1 aliphatic heterocycles. The highest BCUT2D eigenvalue weighted by Crippen LogP contribution is 2.33. The summed E-state index contributed by atoms with van der Waals surface area (Å²) in [7, 11) is 0. The molecule has 0 radical (unpaired) electrons. The summed E-state index contributed by atoms with van der Waals surface area (Å²) in [6.07, 6.45) is -2.48. The number of benzene rings is 1. The fraction of sp³-hybridized carbons (Fsp3) is 0.364. The zero-order valence-corrected chi connectivity index (χ0v) is 8.28. The molecule has 0 N–H and O–H groups in total. The van der Waals surface area contributed by atoms with E-state index >= 15 is 0 Å². The first-order valence-corrected chi connectivity index (χ1v) is 4.79. The lowest BCUT2D eigenvalue weighted by Gasteiger charge is -2.21. The Morgan fingerprint density at radius 1 is 1.40 bits per heavy atom. The highest BCUT2D eigenvalue weighted by atomic mass is 19.3. The van der Waals surface area contributed by atoms with E-state index in [-0.39, 0.29) is 11.9 Å². The molecule has 0 fully saturated rings. The van der Waals surface area contributed by atoms with Crippen molar-refractivity contribution < 1.29 is 13.6 Å². The number of hydrogen-bond donors (Lipinski definition) is 0. The lowest BCUT2D eigenvalue weighted by molar-refractivity contribution is 0.0507. The zero-order chi connectivity index (χ0) is 11.0. The van der Waals surface area contributed by atoms with Crippen LogP contribution >= 0.6 is 0 Å². The highest BCUT2D eigenvalue weighted by molar-refractivity contribution is 5.99. The van der Waals surface area contributed by atoms with Crippen molar-refractivity contribution in [2.24, 2.45) is 0 Å². The minimum atomic E-state index is -2.48. The van der Waals surface area contributed by atoms with E-state index in [1.165, 1.54) is 4.90 Å². The van der Waals surface area contributed by atoms with Crippen molar-refractivity contribution in [2.45, 2.75) is 19.4 Å². The molecule has 1 aromatic rings. The van der Waals surface area contributed by atoms with Gasteiger partial charge in [0, 0.05) is 5.56 Å². The molecule has 1 aromatic carbocycles. The van der Waals surface area contributed by atoms with E-state index in [1.54, 1.807) is 19.1 Å². The average Bonchev–Trinajstić information content (AvgIpc) is 2.44. The molecule has 0 saturated heterocycles. The van der Waals surface area contributed by atoms with Gasteiger partial charge < -0.3 is 4.90 Å². The Kier molecular flexibility index (Phi) is 2.42. The third-order valence-electron chi connectivity index (χ3n) is 2.70. The minimum absolute atomic E-state index is 0.248. The summed E-state index contributed by atoms with van der Waals surface area (Å²) in [6, 6.07) is 6.80. The van der Waals surface area contributed by atoms with Crippen molar-refractivity contribution in [2.75, 3.05) is 6.54 Å². The predicted octanol–water partition coefficient (Wildman–Crippen LogP) is 2.47. The molecular formula is C11H11F2NO. The molecule has 1 aliphatic rings.